The topological polar surface area (TPSA) is 0 Å². The van der Waals surface area contributed by atoms with Crippen LogP contribution in [0.1, 0.15) is 0 Å². The van der Waals surface area contributed by atoms with Crippen LogP contribution in [0.2, 0.25) is 0 Å². The van der Waals surface area contributed by atoms with Crippen LogP contribution in [0.25, 0.3) is 21.5 Å². The van der Waals surface area contributed by atoms with Gasteiger partial charge in [-0.15, -0.1) is 85.6 Å². The van der Waals surface area contributed by atoms with Crippen LogP contribution in [-0.2, 0) is 26.2 Å². The number of rotatable bonds is 0. The van der Waals surface area contributed by atoms with E-state index in [4.69, 9.17) is 0 Å². The molecule has 4 aromatic carbocycles. The van der Waals surface area contributed by atoms with Gasteiger partial charge < -0.3 is 24.8 Å². The Morgan fingerprint density at radius 1 is 0.520 bits per heavy atom. The molecule has 0 amide bonds. The van der Waals surface area contributed by atoms with Crippen molar-refractivity contribution in [2.75, 3.05) is 0 Å². The molecule has 128 valence electrons. The molecule has 4 aromatic rings. The van der Waals surface area contributed by atoms with E-state index < -0.39 is 0 Å². The van der Waals surface area contributed by atoms with Gasteiger partial charge in [0.1, 0.15) is 0 Å². The summed E-state index contributed by atoms with van der Waals surface area (Å²) in [7, 11) is 0. The van der Waals surface area contributed by atoms with Crippen LogP contribution in [0, 0.1) is 0 Å². The molecule has 0 nitrogen and oxygen atoms in total. The van der Waals surface area contributed by atoms with Crippen LogP contribution in [0.4, 0.5) is 0 Å². The predicted molar refractivity (Wildman–Crippen MR) is 102 cm³/mol. The smallest absolute Gasteiger partial charge is 1.00 e. The van der Waals surface area contributed by atoms with Crippen molar-refractivity contribution >= 4 is 21.5 Å². The molecule has 0 bridgehead atoms. The Kier molecular flexibility index (Phi) is 19.8. The van der Waals surface area contributed by atoms with E-state index in [1.165, 1.54) is 21.5 Å². The fourth-order valence-corrected chi connectivity index (χ4v) is 2.14. The maximum Gasteiger partial charge on any atom is 4.00 e. The van der Waals surface area contributed by atoms with Crippen molar-refractivity contribution < 1.29 is 51.0 Å². The third-order valence-corrected chi connectivity index (χ3v) is 3.10. The van der Waals surface area contributed by atoms with Crippen molar-refractivity contribution in [1.82, 2.24) is 0 Å². The molecule has 0 N–H and O–H groups in total. The molecular formula is C22H22Cl2Zr. The van der Waals surface area contributed by atoms with Crippen molar-refractivity contribution in [3.05, 3.63) is 111 Å². The first-order valence-electron chi connectivity index (χ1n) is 7.14. The minimum atomic E-state index is 0. The first kappa shape index (κ1) is 28.4. The van der Waals surface area contributed by atoms with E-state index in [2.05, 4.69) is 111 Å². The van der Waals surface area contributed by atoms with Crippen LogP contribution in [0.5, 0.6) is 0 Å². The molecule has 0 saturated heterocycles. The number of halogens is 2. The maximum atomic E-state index is 3.00. The minimum Gasteiger partial charge on any atom is -1.00 e. The van der Waals surface area contributed by atoms with Crippen LogP contribution in [0.15, 0.2) is 111 Å². The first-order valence-corrected chi connectivity index (χ1v) is 7.14. The van der Waals surface area contributed by atoms with E-state index in [9.17, 15) is 0 Å². The van der Waals surface area contributed by atoms with E-state index in [0.717, 1.165) is 0 Å². The standard InChI is InChI=1S/2C9H7.2C2H4.2ClH.Zr/c2*1-2-5-9-7-3-6-8(9)4-1;2*1-2;;;/h2*1-7H;2*1-2H2;2*1H;/q2*-1;;;;;+4/p-2. The van der Waals surface area contributed by atoms with Crippen LogP contribution < -0.4 is 24.8 Å². The summed E-state index contributed by atoms with van der Waals surface area (Å²) in [6, 6.07) is 29.3. The molecule has 0 saturated carbocycles. The average molecular weight is 449 g/mol. The van der Waals surface area contributed by atoms with Gasteiger partial charge in [0, 0.05) is 0 Å². The summed E-state index contributed by atoms with van der Waals surface area (Å²) >= 11 is 0. The summed E-state index contributed by atoms with van der Waals surface area (Å²) in [4.78, 5) is 0. The molecule has 0 aliphatic heterocycles. The van der Waals surface area contributed by atoms with Gasteiger partial charge in [0.2, 0.25) is 0 Å². The summed E-state index contributed by atoms with van der Waals surface area (Å²) in [5.74, 6) is 0. The van der Waals surface area contributed by atoms with E-state index in [0.29, 0.717) is 0 Å². The molecule has 0 radical (unpaired) electrons. The quantitative estimate of drug-likeness (QED) is 0.275. The van der Waals surface area contributed by atoms with Gasteiger partial charge in [-0.1, -0.05) is 12.1 Å². The van der Waals surface area contributed by atoms with Crippen molar-refractivity contribution in [3.8, 4) is 0 Å². The van der Waals surface area contributed by atoms with Gasteiger partial charge in [0.25, 0.3) is 0 Å². The fourth-order valence-electron chi connectivity index (χ4n) is 2.14. The van der Waals surface area contributed by atoms with E-state index >= 15 is 0 Å². The van der Waals surface area contributed by atoms with Gasteiger partial charge in [0.05, 0.1) is 0 Å². The predicted octanol–water partition coefficient (Wildman–Crippen LogP) is 0.727. The Hall–Kier alpha value is -1.40. The van der Waals surface area contributed by atoms with E-state index in [1.54, 1.807) is 0 Å². The Bertz CT molecular complexity index is 658. The van der Waals surface area contributed by atoms with Crippen molar-refractivity contribution in [2.45, 2.75) is 0 Å². The summed E-state index contributed by atoms with van der Waals surface area (Å²) in [5, 5.41) is 5.32. The first-order chi connectivity index (χ1) is 10.9. The normalized spacial score (nSPS) is 7.68. The molecule has 0 heterocycles. The van der Waals surface area contributed by atoms with Crippen molar-refractivity contribution in [3.63, 3.8) is 0 Å². The number of benzene rings is 2. The molecule has 0 spiro atoms. The average Bonchev–Trinajstić information content (AvgIpc) is 3.28. The Labute approximate surface area is 182 Å². The van der Waals surface area contributed by atoms with E-state index in [1.807, 2.05) is 0 Å². The summed E-state index contributed by atoms with van der Waals surface area (Å²) in [5.41, 5.74) is 0. The zero-order valence-corrected chi connectivity index (χ0v) is 18.1. The second-order valence-corrected chi connectivity index (χ2v) is 4.31. The Morgan fingerprint density at radius 3 is 1.16 bits per heavy atom. The van der Waals surface area contributed by atoms with Gasteiger partial charge in [-0.3, -0.25) is 0 Å². The zero-order valence-electron chi connectivity index (χ0n) is 14.2. The summed E-state index contributed by atoms with van der Waals surface area (Å²) < 4.78 is 0. The number of hydrogen-bond acceptors (Lipinski definition) is 0. The van der Waals surface area contributed by atoms with Crippen LogP contribution in [0.3, 0.4) is 0 Å². The molecule has 0 fully saturated rings. The van der Waals surface area contributed by atoms with Gasteiger partial charge in [0.15, 0.2) is 0 Å². The Morgan fingerprint density at radius 2 is 0.840 bits per heavy atom. The van der Waals surface area contributed by atoms with Gasteiger partial charge in [-0.05, 0) is 0 Å². The van der Waals surface area contributed by atoms with E-state index in [-0.39, 0.29) is 51.0 Å². The third-order valence-electron chi connectivity index (χ3n) is 3.10. The molecule has 0 unspecified atom stereocenters. The zero-order chi connectivity index (χ0) is 16.2. The van der Waals surface area contributed by atoms with Gasteiger partial charge >= 0.3 is 26.2 Å². The molecule has 3 heteroatoms. The molecule has 0 aliphatic carbocycles. The van der Waals surface area contributed by atoms with Gasteiger partial charge in [-0.25, -0.2) is 0 Å². The second kappa shape index (κ2) is 17.4. The maximum absolute atomic E-state index is 3.00. The van der Waals surface area contributed by atoms with Crippen molar-refractivity contribution in [2.24, 2.45) is 0 Å². The molecule has 0 aromatic heterocycles. The van der Waals surface area contributed by atoms with Crippen molar-refractivity contribution in [1.29, 1.82) is 0 Å². The minimum absolute atomic E-state index is 0. The monoisotopic (exact) mass is 446 g/mol. The SMILES string of the molecule is C=C.C=C.[Cl-].[Cl-].[Zr+4].c1ccc2[cH-]ccc2c1.c1ccc2[cH-]ccc2c1. The summed E-state index contributed by atoms with van der Waals surface area (Å²) in [6.45, 7) is 12.0. The second-order valence-electron chi connectivity index (χ2n) is 4.31. The molecule has 0 atom stereocenters. The largest absolute Gasteiger partial charge is 4.00 e. The molecule has 0 aliphatic rings. The molecule has 25 heavy (non-hydrogen) atoms. The number of hydrogen-bond donors (Lipinski definition) is 0. The van der Waals surface area contributed by atoms with Crippen LogP contribution in [-0.4, -0.2) is 0 Å². The molecular weight excluding hydrogens is 426 g/mol. The summed E-state index contributed by atoms with van der Waals surface area (Å²) in [6.07, 6.45) is 0. The van der Waals surface area contributed by atoms with Crippen LogP contribution >= 0.6 is 0 Å². The number of fused-ring (bicyclic) bond motifs is 2. The fraction of sp³-hybridized carbons (Fsp3) is 0. The third kappa shape index (κ3) is 9.03. The van der Waals surface area contributed by atoms with Gasteiger partial charge in [-0.2, -0.15) is 35.0 Å². The Balaban J connectivity index is -0.000000294. The molecule has 4 rings (SSSR count).